The van der Waals surface area contributed by atoms with E-state index in [1.165, 1.54) is 10.2 Å². The van der Waals surface area contributed by atoms with Crippen molar-refractivity contribution in [3.05, 3.63) is 84.9 Å². The summed E-state index contributed by atoms with van der Waals surface area (Å²) in [6.07, 6.45) is 7.21. The van der Waals surface area contributed by atoms with Gasteiger partial charge in [-0.1, -0.05) is 36.4 Å². The number of nitrogens with zero attached hydrogens (tertiary/aromatic N) is 5. The van der Waals surface area contributed by atoms with Gasteiger partial charge in [0.15, 0.2) is 5.65 Å². The summed E-state index contributed by atoms with van der Waals surface area (Å²) in [6.45, 7) is 0.177. The minimum Gasteiger partial charge on any atom is -0.331 e. The Hall–Kier alpha value is -4.69. The van der Waals surface area contributed by atoms with Crippen LogP contribution in [0.15, 0.2) is 84.0 Å². The van der Waals surface area contributed by atoms with E-state index in [2.05, 4.69) is 26.3 Å². The lowest BCUT2D eigenvalue weighted by atomic mass is 9.84. The number of carbonyl (C=O) groups is 1. The summed E-state index contributed by atoms with van der Waals surface area (Å²) in [4.78, 5) is 22.2. The van der Waals surface area contributed by atoms with Gasteiger partial charge in [0.05, 0.1) is 29.2 Å². The summed E-state index contributed by atoms with van der Waals surface area (Å²) in [6, 6.07) is 21.3. The van der Waals surface area contributed by atoms with E-state index in [9.17, 15) is 18.5 Å². The number of anilines is 1. The molecule has 1 aliphatic carbocycles. The Morgan fingerprint density at radius 1 is 1.00 bits per heavy atom. The van der Waals surface area contributed by atoms with Gasteiger partial charge in [-0.15, -0.1) is 0 Å². The number of pyridine rings is 1. The number of fused-ring (bicyclic) bond motifs is 3. The van der Waals surface area contributed by atoms with Crippen molar-refractivity contribution in [3.63, 3.8) is 0 Å². The van der Waals surface area contributed by atoms with E-state index in [1.54, 1.807) is 42.6 Å². The topological polar surface area (TPSA) is 135 Å². The summed E-state index contributed by atoms with van der Waals surface area (Å²) < 4.78 is 30.3. The van der Waals surface area contributed by atoms with Gasteiger partial charge in [-0.3, -0.25) is 0 Å². The van der Waals surface area contributed by atoms with E-state index in [1.807, 2.05) is 30.3 Å². The maximum Gasteiger partial charge on any atom is 0.319 e. The maximum absolute atomic E-state index is 13.5. The normalized spacial score (nSPS) is 17.3. The van der Waals surface area contributed by atoms with Gasteiger partial charge in [0.2, 0.25) is 0 Å². The largest absolute Gasteiger partial charge is 0.331 e. The quantitative estimate of drug-likeness (QED) is 0.263. The smallest absolute Gasteiger partial charge is 0.319 e. The average molecular weight is 568 g/mol. The van der Waals surface area contributed by atoms with Crippen LogP contribution in [0.5, 0.6) is 0 Å². The Morgan fingerprint density at radius 2 is 1.71 bits per heavy atom. The fraction of sp³-hybridized carbons (Fsp3) is 0.267. The Morgan fingerprint density at radius 3 is 2.41 bits per heavy atom. The lowest BCUT2D eigenvalue weighted by Gasteiger charge is -2.30. The third kappa shape index (κ3) is 5.14. The molecule has 2 amide bonds. The second-order valence-electron chi connectivity index (χ2n) is 10.3. The number of hydrogen-bond acceptors (Lipinski definition) is 6. The molecule has 6 rings (SSSR count). The van der Waals surface area contributed by atoms with Crippen LogP contribution in [0.25, 0.3) is 22.1 Å². The molecule has 0 aliphatic heterocycles. The molecule has 1 fully saturated rings. The molecule has 41 heavy (non-hydrogen) atoms. The van der Waals surface area contributed by atoms with Crippen molar-refractivity contribution < 1.29 is 13.2 Å². The molecule has 2 N–H and O–H groups in total. The fourth-order valence-corrected chi connectivity index (χ4v) is 7.03. The highest BCUT2D eigenvalue weighted by Gasteiger charge is 2.28. The summed E-state index contributed by atoms with van der Waals surface area (Å²) in [5, 5.41) is 15.6. The summed E-state index contributed by atoms with van der Waals surface area (Å²) in [7, 11) is -3.86. The number of nitrogens with one attached hydrogen (secondary N) is 2. The predicted molar refractivity (Wildman–Crippen MR) is 156 cm³/mol. The Balaban J connectivity index is 1.39. The van der Waals surface area contributed by atoms with Crippen molar-refractivity contribution in [2.24, 2.45) is 5.92 Å². The third-order valence-corrected chi connectivity index (χ3v) is 9.38. The van der Waals surface area contributed by atoms with Crippen LogP contribution in [0.2, 0.25) is 0 Å². The number of carbonyl (C=O) groups excluding carboxylic acids is 1. The first-order valence-corrected chi connectivity index (χ1v) is 15.0. The minimum absolute atomic E-state index is 0.0867. The molecular formula is C30H29N7O3S. The molecule has 2 aromatic carbocycles. The number of rotatable bonds is 7. The van der Waals surface area contributed by atoms with Crippen LogP contribution in [0.1, 0.15) is 44.0 Å². The van der Waals surface area contributed by atoms with Crippen LogP contribution >= 0.6 is 0 Å². The van der Waals surface area contributed by atoms with Crippen molar-refractivity contribution in [2.75, 3.05) is 5.32 Å². The van der Waals surface area contributed by atoms with Gasteiger partial charge in [-0.25, -0.2) is 27.2 Å². The zero-order valence-corrected chi connectivity index (χ0v) is 23.1. The molecule has 3 aromatic heterocycles. The molecule has 0 saturated heterocycles. The van der Waals surface area contributed by atoms with E-state index in [0.717, 1.165) is 31.2 Å². The molecular weight excluding hydrogens is 538 g/mol. The summed E-state index contributed by atoms with van der Waals surface area (Å²) in [5.74, 6) is 1.03. The van der Waals surface area contributed by atoms with Crippen molar-refractivity contribution in [3.8, 4) is 6.07 Å². The van der Waals surface area contributed by atoms with Gasteiger partial charge in [-0.05, 0) is 61.9 Å². The zero-order valence-electron chi connectivity index (χ0n) is 22.3. The first kappa shape index (κ1) is 26.5. The van der Waals surface area contributed by atoms with Crippen molar-refractivity contribution in [1.29, 1.82) is 5.26 Å². The van der Waals surface area contributed by atoms with Gasteiger partial charge in [-0.2, -0.15) is 5.26 Å². The molecule has 11 heteroatoms. The minimum atomic E-state index is -3.86. The Bertz CT molecular complexity index is 1850. The van der Waals surface area contributed by atoms with Crippen molar-refractivity contribution in [2.45, 2.75) is 49.6 Å². The number of aromatic nitrogens is 4. The molecule has 0 radical (unpaired) electrons. The van der Waals surface area contributed by atoms with Crippen LogP contribution < -0.4 is 10.6 Å². The molecule has 208 valence electrons. The van der Waals surface area contributed by atoms with E-state index < -0.39 is 10.0 Å². The number of para-hydroxylation sites is 1. The lowest BCUT2D eigenvalue weighted by Crippen LogP contribution is -2.30. The van der Waals surface area contributed by atoms with Gasteiger partial charge >= 0.3 is 6.03 Å². The van der Waals surface area contributed by atoms with Gasteiger partial charge < -0.3 is 15.2 Å². The molecule has 5 aromatic rings. The zero-order chi connectivity index (χ0) is 28.4. The van der Waals surface area contributed by atoms with Gasteiger partial charge in [0.1, 0.15) is 11.3 Å². The lowest BCUT2D eigenvalue weighted by molar-refractivity contribution is 0.250. The van der Waals surface area contributed by atoms with E-state index in [0.29, 0.717) is 40.4 Å². The van der Waals surface area contributed by atoms with Crippen LogP contribution in [0.4, 0.5) is 10.5 Å². The molecule has 0 unspecified atom stereocenters. The second-order valence-corrected chi connectivity index (χ2v) is 12.1. The highest BCUT2D eigenvalue weighted by Crippen LogP contribution is 2.38. The van der Waals surface area contributed by atoms with E-state index >= 15 is 0 Å². The molecule has 1 saturated carbocycles. The molecule has 10 nitrogen and oxygen atoms in total. The van der Waals surface area contributed by atoms with Crippen molar-refractivity contribution >= 4 is 43.8 Å². The number of nitriles is 1. The van der Waals surface area contributed by atoms with Crippen LogP contribution in [0.3, 0.4) is 0 Å². The third-order valence-electron chi connectivity index (χ3n) is 7.70. The van der Waals surface area contributed by atoms with Gasteiger partial charge in [0.25, 0.3) is 10.0 Å². The number of amides is 2. The van der Waals surface area contributed by atoms with Gasteiger partial charge in [0, 0.05) is 29.7 Å². The SMILES string of the molecule is N#CCC1CCC(n2c(CNC(=O)Nc3ccccc3)nc3cnc4c(ccn4S(=O)(=O)c4ccccc4)c32)CC1. The first-order valence-electron chi connectivity index (χ1n) is 13.6. The second kappa shape index (κ2) is 11.1. The first-order chi connectivity index (χ1) is 20.0. The van der Waals surface area contributed by atoms with Crippen LogP contribution in [0, 0.1) is 17.2 Å². The highest BCUT2D eigenvalue weighted by molar-refractivity contribution is 7.90. The maximum atomic E-state index is 13.5. The predicted octanol–water partition coefficient (Wildman–Crippen LogP) is 5.59. The Labute approximate surface area is 237 Å². The molecule has 3 heterocycles. The van der Waals surface area contributed by atoms with Crippen molar-refractivity contribution in [1.82, 2.24) is 23.8 Å². The summed E-state index contributed by atoms with van der Waals surface area (Å²) >= 11 is 0. The number of benzene rings is 2. The standard InChI is InChI=1S/C30H29N7O3S/c31-17-15-21-11-13-23(14-12-21)37-27(20-33-30(38)34-22-7-3-1-4-8-22)35-26-19-32-29-25(28(26)37)16-18-36(29)41(39,40)24-9-5-2-6-10-24/h1-10,16,18-19,21,23H,11-15,20H2,(H2,33,34,38). The fourth-order valence-electron chi connectivity index (χ4n) is 5.71. The number of hydrogen-bond donors (Lipinski definition) is 2. The summed E-state index contributed by atoms with van der Waals surface area (Å²) in [5.41, 5.74) is 2.43. The molecule has 0 bridgehead atoms. The average Bonchev–Trinajstić information content (AvgIpc) is 3.60. The highest BCUT2D eigenvalue weighted by atomic mass is 32.2. The Kier molecular flexibility index (Phi) is 7.15. The number of imidazole rings is 1. The molecule has 1 aliphatic rings. The monoisotopic (exact) mass is 567 g/mol. The molecule has 0 spiro atoms. The molecule has 0 atom stereocenters. The number of urea groups is 1. The van der Waals surface area contributed by atoms with E-state index in [-0.39, 0.29) is 23.5 Å². The van der Waals surface area contributed by atoms with Crippen LogP contribution in [-0.2, 0) is 16.6 Å². The van der Waals surface area contributed by atoms with Crippen LogP contribution in [-0.4, -0.2) is 33.0 Å². The van der Waals surface area contributed by atoms with E-state index in [4.69, 9.17) is 4.98 Å².